The summed E-state index contributed by atoms with van der Waals surface area (Å²) in [5.74, 6) is 1.90. The van der Waals surface area contributed by atoms with Crippen molar-refractivity contribution < 1.29 is 4.74 Å². The average molecular weight is 263 g/mol. The van der Waals surface area contributed by atoms with Crippen LogP contribution >= 0.6 is 0 Å². The number of ether oxygens (including phenoxy) is 1. The van der Waals surface area contributed by atoms with E-state index in [1.54, 1.807) is 0 Å². The molecule has 4 rings (SSSR count). The van der Waals surface area contributed by atoms with E-state index in [2.05, 4.69) is 41.3 Å². The minimum Gasteiger partial charge on any atom is -0.453 e. The number of rotatable bonds is 1. The van der Waals surface area contributed by atoms with Gasteiger partial charge in [-0.15, -0.1) is 0 Å². The maximum atomic E-state index is 6.03. The van der Waals surface area contributed by atoms with Crippen LogP contribution in [0.4, 0.5) is 11.4 Å². The van der Waals surface area contributed by atoms with Crippen LogP contribution in [-0.4, -0.2) is 6.04 Å². The Balaban J connectivity index is 1.87. The third-order valence-corrected chi connectivity index (χ3v) is 4.03. The monoisotopic (exact) mass is 263 g/mol. The maximum absolute atomic E-state index is 6.03. The van der Waals surface area contributed by atoms with Crippen LogP contribution in [-0.2, 0) is 0 Å². The lowest BCUT2D eigenvalue weighted by atomic mass is 9.99. The van der Waals surface area contributed by atoms with Gasteiger partial charge in [-0.05, 0) is 43.5 Å². The molecular formula is C18H17NO. The standard InChI is InChI=1S/C18H17NO/c1-2-8-14(9-3-1)19-15-10-4-6-12-17(15)20-18-13-7-5-11-16(18)19/h2,4-8,10-14H,1,3,9H2/t14-/m1/s1. The summed E-state index contributed by atoms with van der Waals surface area (Å²) >= 11 is 0. The fourth-order valence-corrected chi connectivity index (χ4v) is 3.10. The lowest BCUT2D eigenvalue weighted by Gasteiger charge is -2.38. The predicted octanol–water partition coefficient (Wildman–Crippen LogP) is 5.04. The zero-order valence-electron chi connectivity index (χ0n) is 11.3. The topological polar surface area (TPSA) is 12.5 Å². The lowest BCUT2D eigenvalue weighted by Crippen LogP contribution is -2.32. The van der Waals surface area contributed by atoms with E-state index in [0.29, 0.717) is 6.04 Å². The highest BCUT2D eigenvalue weighted by molar-refractivity contribution is 5.78. The zero-order valence-corrected chi connectivity index (χ0v) is 11.3. The first-order valence-corrected chi connectivity index (χ1v) is 7.25. The zero-order chi connectivity index (χ0) is 13.4. The molecular weight excluding hydrogens is 246 g/mol. The summed E-state index contributed by atoms with van der Waals surface area (Å²) in [4.78, 5) is 2.42. The second kappa shape index (κ2) is 4.71. The summed E-state index contributed by atoms with van der Waals surface area (Å²) in [6.45, 7) is 0. The van der Waals surface area contributed by atoms with Crippen LogP contribution in [0.2, 0.25) is 0 Å². The molecule has 1 atom stereocenters. The molecule has 0 fully saturated rings. The molecule has 0 unspecified atom stereocenters. The molecule has 2 nitrogen and oxygen atoms in total. The van der Waals surface area contributed by atoms with Crippen molar-refractivity contribution in [2.75, 3.05) is 4.90 Å². The first kappa shape index (κ1) is 11.6. The quantitative estimate of drug-likeness (QED) is 0.668. The normalized spacial score (nSPS) is 20.0. The number of hydrogen-bond donors (Lipinski definition) is 0. The van der Waals surface area contributed by atoms with E-state index in [1.807, 2.05) is 24.3 Å². The number of benzene rings is 2. The van der Waals surface area contributed by atoms with Crippen LogP contribution in [0, 0.1) is 0 Å². The van der Waals surface area contributed by atoms with Gasteiger partial charge in [0, 0.05) is 0 Å². The average Bonchev–Trinajstić information content (AvgIpc) is 2.53. The Bertz CT molecular complexity index is 616. The van der Waals surface area contributed by atoms with Crippen molar-refractivity contribution in [1.29, 1.82) is 0 Å². The van der Waals surface area contributed by atoms with Crippen molar-refractivity contribution in [2.45, 2.75) is 25.3 Å². The van der Waals surface area contributed by atoms with Gasteiger partial charge in [-0.1, -0.05) is 36.4 Å². The Labute approximate surface area is 119 Å². The van der Waals surface area contributed by atoms with Gasteiger partial charge >= 0.3 is 0 Å². The molecule has 2 aromatic rings. The number of para-hydroxylation sites is 4. The van der Waals surface area contributed by atoms with Gasteiger partial charge in [0.15, 0.2) is 11.5 Å². The molecule has 2 aromatic carbocycles. The Kier molecular flexibility index (Phi) is 2.73. The Morgan fingerprint density at radius 2 is 1.55 bits per heavy atom. The fourth-order valence-electron chi connectivity index (χ4n) is 3.10. The first-order chi connectivity index (χ1) is 9.93. The summed E-state index contributed by atoms with van der Waals surface area (Å²) < 4.78 is 6.03. The summed E-state index contributed by atoms with van der Waals surface area (Å²) in [5.41, 5.74) is 2.34. The molecule has 1 heterocycles. The van der Waals surface area contributed by atoms with Crippen molar-refractivity contribution in [1.82, 2.24) is 0 Å². The third-order valence-electron chi connectivity index (χ3n) is 4.03. The van der Waals surface area contributed by atoms with E-state index >= 15 is 0 Å². The van der Waals surface area contributed by atoms with Gasteiger partial charge < -0.3 is 9.64 Å². The third kappa shape index (κ3) is 1.80. The molecule has 0 aromatic heterocycles. The van der Waals surface area contributed by atoms with Crippen LogP contribution in [0.1, 0.15) is 19.3 Å². The Morgan fingerprint density at radius 1 is 0.900 bits per heavy atom. The SMILES string of the molecule is C1=C[C@@H](N2c3ccccc3Oc3ccccc32)CCC1. The van der Waals surface area contributed by atoms with Crippen LogP contribution in [0.3, 0.4) is 0 Å². The van der Waals surface area contributed by atoms with Crippen LogP contribution < -0.4 is 9.64 Å². The van der Waals surface area contributed by atoms with Gasteiger partial charge in [0.05, 0.1) is 17.4 Å². The maximum Gasteiger partial charge on any atom is 0.151 e. The number of allylic oxidation sites excluding steroid dienone is 1. The molecule has 0 amide bonds. The minimum absolute atomic E-state index is 0.426. The first-order valence-electron chi connectivity index (χ1n) is 7.25. The van der Waals surface area contributed by atoms with Gasteiger partial charge in [-0.3, -0.25) is 0 Å². The van der Waals surface area contributed by atoms with E-state index < -0.39 is 0 Å². The van der Waals surface area contributed by atoms with Crippen molar-refractivity contribution in [2.24, 2.45) is 0 Å². The van der Waals surface area contributed by atoms with Gasteiger partial charge in [0.25, 0.3) is 0 Å². The molecule has 2 aliphatic rings. The highest BCUT2D eigenvalue weighted by Crippen LogP contribution is 2.48. The summed E-state index contributed by atoms with van der Waals surface area (Å²) in [6.07, 6.45) is 8.28. The minimum atomic E-state index is 0.426. The van der Waals surface area contributed by atoms with Crippen molar-refractivity contribution in [3.8, 4) is 11.5 Å². The molecule has 0 saturated heterocycles. The summed E-state index contributed by atoms with van der Waals surface area (Å²) in [6, 6.07) is 17.0. The molecule has 2 heteroatoms. The van der Waals surface area contributed by atoms with E-state index in [1.165, 1.54) is 30.6 Å². The van der Waals surface area contributed by atoms with Gasteiger partial charge in [0.1, 0.15) is 0 Å². The number of fused-ring (bicyclic) bond motifs is 2. The highest BCUT2D eigenvalue weighted by atomic mass is 16.5. The molecule has 20 heavy (non-hydrogen) atoms. The number of anilines is 2. The van der Waals surface area contributed by atoms with Crippen molar-refractivity contribution in [3.63, 3.8) is 0 Å². The largest absolute Gasteiger partial charge is 0.453 e. The van der Waals surface area contributed by atoms with E-state index in [9.17, 15) is 0 Å². The molecule has 1 aliphatic carbocycles. The molecule has 100 valence electrons. The van der Waals surface area contributed by atoms with Crippen molar-refractivity contribution >= 4 is 11.4 Å². The van der Waals surface area contributed by atoms with Gasteiger partial charge in [0.2, 0.25) is 0 Å². The van der Waals surface area contributed by atoms with Crippen LogP contribution in [0.15, 0.2) is 60.7 Å². The van der Waals surface area contributed by atoms with Gasteiger partial charge in [-0.25, -0.2) is 0 Å². The van der Waals surface area contributed by atoms with E-state index in [4.69, 9.17) is 4.74 Å². The van der Waals surface area contributed by atoms with E-state index in [-0.39, 0.29) is 0 Å². The predicted molar refractivity (Wildman–Crippen MR) is 81.9 cm³/mol. The number of hydrogen-bond acceptors (Lipinski definition) is 2. The summed E-state index contributed by atoms with van der Waals surface area (Å²) in [5, 5.41) is 0. The second-order valence-corrected chi connectivity index (χ2v) is 5.33. The Hall–Kier alpha value is -2.22. The highest BCUT2D eigenvalue weighted by Gasteiger charge is 2.28. The van der Waals surface area contributed by atoms with Gasteiger partial charge in [-0.2, -0.15) is 0 Å². The molecule has 0 bridgehead atoms. The second-order valence-electron chi connectivity index (χ2n) is 5.33. The fraction of sp³-hybridized carbons (Fsp3) is 0.222. The molecule has 0 spiro atoms. The van der Waals surface area contributed by atoms with Crippen molar-refractivity contribution in [3.05, 3.63) is 60.7 Å². The summed E-state index contributed by atoms with van der Waals surface area (Å²) in [7, 11) is 0. The molecule has 0 radical (unpaired) electrons. The lowest BCUT2D eigenvalue weighted by molar-refractivity contribution is 0.466. The van der Waals surface area contributed by atoms with Crippen LogP contribution in [0.5, 0.6) is 11.5 Å². The Morgan fingerprint density at radius 3 is 2.15 bits per heavy atom. The molecule has 0 N–H and O–H groups in total. The van der Waals surface area contributed by atoms with E-state index in [0.717, 1.165) is 11.5 Å². The molecule has 0 saturated carbocycles. The number of nitrogens with zero attached hydrogens (tertiary/aromatic N) is 1. The molecule has 1 aliphatic heterocycles. The van der Waals surface area contributed by atoms with Crippen LogP contribution in [0.25, 0.3) is 0 Å². The smallest absolute Gasteiger partial charge is 0.151 e.